The number of carbonyl (C=O) groups excluding carboxylic acids is 1. The highest BCUT2D eigenvalue weighted by Gasteiger charge is 2.00. The summed E-state index contributed by atoms with van der Waals surface area (Å²) in [7, 11) is 0. The number of nitrogens with zero attached hydrogens (tertiary/aromatic N) is 1. The van der Waals surface area contributed by atoms with Gasteiger partial charge in [-0.15, -0.1) is 5.92 Å². The van der Waals surface area contributed by atoms with Gasteiger partial charge in [-0.3, -0.25) is 5.32 Å². The maximum absolute atomic E-state index is 11.0. The molecule has 1 rings (SSSR count). The van der Waals surface area contributed by atoms with Crippen LogP contribution in [0.25, 0.3) is 0 Å². The Bertz CT molecular complexity index is 321. The smallest absolute Gasteiger partial charge is 0.321 e. The van der Waals surface area contributed by atoms with E-state index < -0.39 is 0 Å². The summed E-state index contributed by atoms with van der Waals surface area (Å²) < 4.78 is 4.52. The first-order chi connectivity index (χ1) is 6.33. The van der Waals surface area contributed by atoms with Crippen LogP contribution >= 0.6 is 0 Å². The normalized spacial score (nSPS) is 8.38. The number of anilines is 1. The van der Waals surface area contributed by atoms with Crippen molar-refractivity contribution >= 4 is 11.8 Å². The van der Waals surface area contributed by atoms with Crippen LogP contribution in [0.4, 0.5) is 10.6 Å². The van der Waals surface area contributed by atoms with Crippen molar-refractivity contribution in [3.63, 3.8) is 0 Å². The van der Waals surface area contributed by atoms with E-state index in [1.807, 2.05) is 0 Å². The summed E-state index contributed by atoms with van der Waals surface area (Å²) in [6, 6.07) is 1.20. The number of aromatic nitrogens is 1. The highest BCUT2D eigenvalue weighted by Crippen LogP contribution is 1.99. The molecule has 0 aliphatic rings. The molecule has 68 valence electrons. The van der Waals surface area contributed by atoms with Crippen molar-refractivity contribution in [1.29, 1.82) is 0 Å². The predicted octanol–water partition coefficient (Wildman–Crippen LogP) is 0.819. The number of carbonyl (C=O) groups is 1. The zero-order valence-corrected chi connectivity index (χ0v) is 7.13. The molecule has 0 fully saturated rings. The van der Waals surface area contributed by atoms with Crippen molar-refractivity contribution < 1.29 is 9.32 Å². The molecule has 2 amide bonds. The Morgan fingerprint density at radius 3 is 3.23 bits per heavy atom. The molecule has 0 spiro atoms. The minimum absolute atomic E-state index is 0.320. The molecule has 0 bridgehead atoms. The van der Waals surface area contributed by atoms with E-state index in [1.54, 1.807) is 13.0 Å². The highest BCUT2D eigenvalue weighted by atomic mass is 16.5. The minimum atomic E-state index is -0.350. The first kappa shape index (κ1) is 9.13. The van der Waals surface area contributed by atoms with Crippen LogP contribution in [0, 0.1) is 11.8 Å². The van der Waals surface area contributed by atoms with E-state index in [1.165, 1.54) is 6.26 Å². The van der Waals surface area contributed by atoms with Crippen molar-refractivity contribution in [3.8, 4) is 11.8 Å². The van der Waals surface area contributed by atoms with Crippen molar-refractivity contribution in [1.82, 2.24) is 10.5 Å². The second-order valence-electron chi connectivity index (χ2n) is 2.12. The van der Waals surface area contributed by atoms with Crippen LogP contribution in [0.2, 0.25) is 0 Å². The average Bonchev–Trinajstić information content (AvgIpc) is 2.57. The number of nitrogens with one attached hydrogen (secondary N) is 2. The van der Waals surface area contributed by atoms with E-state index in [4.69, 9.17) is 0 Å². The van der Waals surface area contributed by atoms with Crippen molar-refractivity contribution in [2.45, 2.75) is 6.92 Å². The third-order valence-corrected chi connectivity index (χ3v) is 1.19. The van der Waals surface area contributed by atoms with Crippen LogP contribution < -0.4 is 10.6 Å². The van der Waals surface area contributed by atoms with Gasteiger partial charge in [0, 0.05) is 6.07 Å². The maximum atomic E-state index is 11.0. The number of urea groups is 1. The molecule has 13 heavy (non-hydrogen) atoms. The first-order valence-electron chi connectivity index (χ1n) is 3.68. The quantitative estimate of drug-likeness (QED) is 0.660. The maximum Gasteiger partial charge on any atom is 0.321 e. The molecule has 5 nitrogen and oxygen atoms in total. The van der Waals surface area contributed by atoms with E-state index in [-0.39, 0.29) is 6.03 Å². The average molecular weight is 179 g/mol. The molecule has 0 saturated heterocycles. The zero-order valence-electron chi connectivity index (χ0n) is 7.13. The summed E-state index contributed by atoms with van der Waals surface area (Å²) in [5.41, 5.74) is 0. The number of amides is 2. The van der Waals surface area contributed by atoms with Crippen molar-refractivity contribution in [2.24, 2.45) is 0 Å². The lowest BCUT2D eigenvalue weighted by molar-refractivity contribution is 0.253. The number of hydrogen-bond donors (Lipinski definition) is 2. The summed E-state index contributed by atoms with van der Waals surface area (Å²) in [5.74, 6) is 5.73. The Hall–Kier alpha value is -1.96. The van der Waals surface area contributed by atoms with Crippen LogP contribution in [0.15, 0.2) is 16.9 Å². The Morgan fingerprint density at radius 1 is 1.77 bits per heavy atom. The molecule has 0 radical (unpaired) electrons. The molecule has 1 aromatic rings. The van der Waals surface area contributed by atoms with Crippen LogP contribution in [-0.2, 0) is 0 Å². The van der Waals surface area contributed by atoms with Gasteiger partial charge in [-0.25, -0.2) is 4.79 Å². The summed E-state index contributed by atoms with van der Waals surface area (Å²) in [6.07, 6.45) is 1.38. The van der Waals surface area contributed by atoms with E-state index in [2.05, 4.69) is 32.2 Å². The summed E-state index contributed by atoms with van der Waals surface area (Å²) >= 11 is 0. The zero-order chi connectivity index (χ0) is 9.52. The van der Waals surface area contributed by atoms with Gasteiger partial charge in [0.2, 0.25) is 0 Å². The first-order valence-corrected chi connectivity index (χ1v) is 3.68. The topological polar surface area (TPSA) is 67.2 Å². The summed E-state index contributed by atoms with van der Waals surface area (Å²) in [6.45, 7) is 2.03. The third kappa shape index (κ3) is 3.29. The van der Waals surface area contributed by atoms with Gasteiger partial charge < -0.3 is 9.84 Å². The molecule has 1 aromatic heterocycles. The van der Waals surface area contributed by atoms with Crippen LogP contribution in [0.3, 0.4) is 0 Å². The van der Waals surface area contributed by atoms with Crippen molar-refractivity contribution in [3.05, 3.63) is 12.3 Å². The van der Waals surface area contributed by atoms with E-state index in [0.29, 0.717) is 12.4 Å². The van der Waals surface area contributed by atoms with Gasteiger partial charge in [0.05, 0.1) is 6.54 Å². The molecule has 0 unspecified atom stereocenters. The minimum Gasteiger partial charge on any atom is -0.363 e. The van der Waals surface area contributed by atoms with Crippen LogP contribution in [0.5, 0.6) is 0 Å². The Balaban J connectivity index is 2.28. The van der Waals surface area contributed by atoms with Gasteiger partial charge in [-0.2, -0.15) is 0 Å². The third-order valence-electron chi connectivity index (χ3n) is 1.19. The fourth-order valence-electron chi connectivity index (χ4n) is 0.650. The summed E-state index contributed by atoms with van der Waals surface area (Å²) in [5, 5.41) is 8.48. The molecule has 0 aliphatic carbocycles. The molecule has 0 aromatic carbocycles. The van der Waals surface area contributed by atoms with Gasteiger partial charge in [0.1, 0.15) is 6.26 Å². The molecular formula is C8H9N3O2. The van der Waals surface area contributed by atoms with Gasteiger partial charge in [0.15, 0.2) is 5.82 Å². The molecule has 1 heterocycles. The predicted molar refractivity (Wildman–Crippen MR) is 47.0 cm³/mol. The second kappa shape index (κ2) is 4.83. The highest BCUT2D eigenvalue weighted by molar-refractivity contribution is 5.88. The largest absolute Gasteiger partial charge is 0.363 e. The van der Waals surface area contributed by atoms with Gasteiger partial charge >= 0.3 is 6.03 Å². The molecular weight excluding hydrogens is 170 g/mol. The van der Waals surface area contributed by atoms with Gasteiger partial charge in [-0.1, -0.05) is 11.1 Å². The second-order valence-corrected chi connectivity index (χ2v) is 2.12. The van der Waals surface area contributed by atoms with Crippen molar-refractivity contribution in [2.75, 3.05) is 11.9 Å². The van der Waals surface area contributed by atoms with E-state index in [9.17, 15) is 4.79 Å². The van der Waals surface area contributed by atoms with E-state index in [0.717, 1.165) is 0 Å². The number of hydrogen-bond acceptors (Lipinski definition) is 3. The molecule has 2 N–H and O–H groups in total. The lowest BCUT2D eigenvalue weighted by Crippen LogP contribution is -2.28. The summed E-state index contributed by atoms with van der Waals surface area (Å²) in [4.78, 5) is 11.0. The standard InChI is InChI=1S/C8H9N3O2/c1-2-3-5-9-8(12)10-7-4-6-13-11-7/h4,6H,5H2,1H3,(H2,9,10,11,12). The Kier molecular flexibility index (Phi) is 3.39. The van der Waals surface area contributed by atoms with Gasteiger partial charge in [0.25, 0.3) is 0 Å². The molecule has 5 heteroatoms. The van der Waals surface area contributed by atoms with Gasteiger partial charge in [-0.05, 0) is 6.92 Å². The fourth-order valence-corrected chi connectivity index (χ4v) is 0.650. The molecule has 0 saturated carbocycles. The van der Waals surface area contributed by atoms with E-state index >= 15 is 0 Å². The van der Waals surface area contributed by atoms with Crippen LogP contribution in [-0.4, -0.2) is 17.7 Å². The SMILES string of the molecule is CC#CCNC(=O)Nc1ccon1. The molecule has 0 aliphatic heterocycles. The lowest BCUT2D eigenvalue weighted by Gasteiger charge is -1.99. The lowest BCUT2D eigenvalue weighted by atomic mass is 10.6. The Morgan fingerprint density at radius 2 is 2.62 bits per heavy atom. The Labute approximate surface area is 75.5 Å². The number of rotatable bonds is 2. The monoisotopic (exact) mass is 179 g/mol. The van der Waals surface area contributed by atoms with Crippen LogP contribution in [0.1, 0.15) is 6.92 Å². The fraction of sp³-hybridized carbons (Fsp3) is 0.250. The molecule has 0 atom stereocenters.